The lowest BCUT2D eigenvalue weighted by molar-refractivity contribution is -0.111. The number of likely N-dealkylation sites (N-methyl/N-ethyl adjacent to an activating group) is 1. The maximum atomic E-state index is 12.6. The van der Waals surface area contributed by atoms with E-state index in [4.69, 9.17) is 32.8 Å². The van der Waals surface area contributed by atoms with Crippen LogP contribution in [0.25, 0.3) is 0 Å². The van der Waals surface area contributed by atoms with Crippen molar-refractivity contribution in [2.45, 2.75) is 43.8 Å². The standard InChI is InChI=1S/C34H42Cl2N8O3/c1-5-33(45)40-26-17-27(30(46-4)18-29(26)42-13-9-22(10-14-42)43-15-11-23(20-43)41(2)3)39-31-19-32(38-21-37-31)44-28(12-16-47-44)24-7-6-8-25(35)34(24)36/h5-8,17-19,21-23,28H,1,9-16,20H2,2-4H3,(H,40,45)(H,37,38,39)/t23-,28-/m1/s1. The maximum Gasteiger partial charge on any atom is 0.247 e. The van der Waals surface area contributed by atoms with Crippen LogP contribution in [-0.2, 0) is 9.63 Å². The Balaban J connectivity index is 1.22. The molecule has 3 aliphatic heterocycles. The fourth-order valence-electron chi connectivity index (χ4n) is 6.80. The average molecular weight is 682 g/mol. The summed E-state index contributed by atoms with van der Waals surface area (Å²) < 4.78 is 5.86. The van der Waals surface area contributed by atoms with E-state index in [1.54, 1.807) is 24.3 Å². The zero-order valence-corrected chi connectivity index (χ0v) is 28.6. The zero-order valence-electron chi connectivity index (χ0n) is 27.1. The predicted molar refractivity (Wildman–Crippen MR) is 188 cm³/mol. The second kappa shape index (κ2) is 14.7. The quantitative estimate of drug-likeness (QED) is 0.243. The zero-order chi connectivity index (χ0) is 33.1. The highest BCUT2D eigenvalue weighted by Gasteiger charge is 2.33. The van der Waals surface area contributed by atoms with E-state index < -0.39 is 0 Å². The lowest BCUT2D eigenvalue weighted by atomic mass is 10.0. The van der Waals surface area contributed by atoms with E-state index >= 15 is 0 Å². The molecule has 3 fully saturated rings. The van der Waals surface area contributed by atoms with Gasteiger partial charge >= 0.3 is 0 Å². The summed E-state index contributed by atoms with van der Waals surface area (Å²) in [6.07, 6.45) is 6.80. The van der Waals surface area contributed by atoms with Crippen LogP contribution < -0.4 is 25.3 Å². The van der Waals surface area contributed by atoms with Crippen molar-refractivity contribution in [3.8, 4) is 5.75 Å². The number of anilines is 5. The number of rotatable bonds is 10. The molecule has 2 atom stereocenters. The highest BCUT2D eigenvalue weighted by molar-refractivity contribution is 6.42. The number of methoxy groups -OCH3 is 1. The van der Waals surface area contributed by atoms with Crippen LogP contribution in [0, 0.1) is 0 Å². The topological polar surface area (TPSA) is 98.3 Å². The van der Waals surface area contributed by atoms with Crippen LogP contribution in [0.4, 0.5) is 28.7 Å². The number of hydrogen-bond donors (Lipinski definition) is 2. The van der Waals surface area contributed by atoms with Crippen LogP contribution >= 0.6 is 23.2 Å². The summed E-state index contributed by atoms with van der Waals surface area (Å²) in [6.45, 7) is 8.19. The number of likely N-dealkylation sites (tertiary alicyclic amines) is 1. The van der Waals surface area contributed by atoms with Gasteiger partial charge in [-0.25, -0.2) is 15.0 Å². The molecule has 250 valence electrons. The molecule has 0 radical (unpaired) electrons. The van der Waals surface area contributed by atoms with Crippen molar-refractivity contribution < 1.29 is 14.4 Å². The number of amides is 1. The summed E-state index contributed by atoms with van der Waals surface area (Å²) in [6, 6.07) is 12.3. The van der Waals surface area contributed by atoms with Gasteiger partial charge in [-0.3, -0.25) is 14.5 Å². The number of carbonyl (C=O) groups excluding carboxylic acids is 1. The lowest BCUT2D eigenvalue weighted by Gasteiger charge is -2.39. The molecule has 2 N–H and O–H groups in total. The SMILES string of the molecule is C=CC(=O)Nc1cc(Nc2cc(N3OCC[C@@H]3c3cccc(Cl)c3Cl)ncn2)c(OC)cc1N1CCC(N2CC[C@@H](N(C)C)C2)CC1. The number of ether oxygens (including phenoxy) is 1. The van der Waals surface area contributed by atoms with E-state index in [2.05, 4.69) is 56.0 Å². The molecule has 6 rings (SSSR count). The van der Waals surface area contributed by atoms with Crippen molar-refractivity contribution in [2.24, 2.45) is 0 Å². The Labute approximate surface area is 286 Å². The lowest BCUT2D eigenvalue weighted by Crippen LogP contribution is -2.45. The van der Waals surface area contributed by atoms with Crippen LogP contribution in [0.15, 0.2) is 55.4 Å². The van der Waals surface area contributed by atoms with Gasteiger partial charge in [-0.1, -0.05) is 41.9 Å². The fourth-order valence-corrected chi connectivity index (χ4v) is 7.24. The van der Waals surface area contributed by atoms with Gasteiger partial charge in [0.05, 0.1) is 46.9 Å². The number of hydroxylamine groups is 1. The molecule has 1 aromatic heterocycles. The fraction of sp³-hybridized carbons (Fsp3) is 0.441. The summed E-state index contributed by atoms with van der Waals surface area (Å²) in [5.74, 6) is 1.42. The first-order chi connectivity index (χ1) is 22.7. The minimum atomic E-state index is -0.287. The molecule has 47 heavy (non-hydrogen) atoms. The van der Waals surface area contributed by atoms with Crippen LogP contribution in [0.3, 0.4) is 0 Å². The summed E-state index contributed by atoms with van der Waals surface area (Å²) in [5.41, 5.74) is 3.08. The van der Waals surface area contributed by atoms with E-state index in [0.29, 0.717) is 57.5 Å². The Bertz CT molecular complexity index is 1600. The van der Waals surface area contributed by atoms with Crippen molar-refractivity contribution in [1.29, 1.82) is 0 Å². The van der Waals surface area contributed by atoms with Gasteiger partial charge in [0.15, 0.2) is 5.82 Å². The number of halogens is 2. The van der Waals surface area contributed by atoms with Gasteiger partial charge in [-0.15, -0.1) is 0 Å². The second-order valence-corrected chi connectivity index (χ2v) is 13.2. The predicted octanol–water partition coefficient (Wildman–Crippen LogP) is 6.15. The van der Waals surface area contributed by atoms with E-state index in [1.807, 2.05) is 24.3 Å². The smallest absolute Gasteiger partial charge is 0.247 e. The Kier molecular flexibility index (Phi) is 10.4. The first kappa shape index (κ1) is 33.3. The molecule has 0 unspecified atom stereocenters. The van der Waals surface area contributed by atoms with E-state index in [0.717, 1.165) is 56.7 Å². The van der Waals surface area contributed by atoms with Crippen LogP contribution in [0.2, 0.25) is 10.0 Å². The number of benzene rings is 2. The molecule has 3 aliphatic rings. The Morgan fingerprint density at radius 2 is 1.89 bits per heavy atom. The Hall–Kier alpha value is -3.61. The molecule has 0 saturated carbocycles. The Morgan fingerprint density at radius 3 is 2.62 bits per heavy atom. The van der Waals surface area contributed by atoms with Gasteiger partial charge in [-0.05, 0) is 57.1 Å². The highest BCUT2D eigenvalue weighted by Crippen LogP contribution is 2.42. The van der Waals surface area contributed by atoms with Gasteiger partial charge in [0.25, 0.3) is 0 Å². The minimum Gasteiger partial charge on any atom is -0.494 e. The van der Waals surface area contributed by atoms with Gasteiger partial charge in [0, 0.05) is 56.8 Å². The first-order valence-electron chi connectivity index (χ1n) is 16.0. The van der Waals surface area contributed by atoms with Gasteiger partial charge < -0.3 is 25.2 Å². The Morgan fingerprint density at radius 1 is 1.09 bits per heavy atom. The number of hydrogen-bond acceptors (Lipinski definition) is 10. The van der Waals surface area contributed by atoms with Gasteiger partial charge in [0.2, 0.25) is 5.91 Å². The third-order valence-corrected chi connectivity index (χ3v) is 10.2. The summed E-state index contributed by atoms with van der Waals surface area (Å²) in [7, 11) is 5.97. The molecule has 13 heteroatoms. The molecule has 0 bridgehead atoms. The maximum absolute atomic E-state index is 12.6. The molecule has 4 heterocycles. The molecule has 1 amide bonds. The minimum absolute atomic E-state index is 0.164. The van der Waals surface area contributed by atoms with Crippen LogP contribution in [0.5, 0.6) is 5.75 Å². The third kappa shape index (κ3) is 7.29. The molecular weight excluding hydrogens is 639 g/mol. The number of aromatic nitrogens is 2. The van der Waals surface area contributed by atoms with E-state index in [9.17, 15) is 4.79 Å². The van der Waals surface area contributed by atoms with Crippen molar-refractivity contribution in [3.05, 3.63) is 71.0 Å². The molecule has 3 aromatic rings. The molecule has 3 saturated heterocycles. The van der Waals surface area contributed by atoms with Crippen LogP contribution in [0.1, 0.15) is 37.3 Å². The highest BCUT2D eigenvalue weighted by atomic mass is 35.5. The van der Waals surface area contributed by atoms with Gasteiger partial charge in [0.1, 0.15) is 17.9 Å². The van der Waals surface area contributed by atoms with Crippen molar-refractivity contribution in [3.63, 3.8) is 0 Å². The van der Waals surface area contributed by atoms with E-state index in [1.165, 1.54) is 18.8 Å². The number of piperidine rings is 1. The van der Waals surface area contributed by atoms with Crippen molar-refractivity contribution in [2.75, 3.05) is 74.6 Å². The third-order valence-electron chi connectivity index (χ3n) is 9.39. The largest absolute Gasteiger partial charge is 0.494 e. The molecular formula is C34H42Cl2N8O3. The average Bonchev–Trinajstić information content (AvgIpc) is 3.78. The summed E-state index contributed by atoms with van der Waals surface area (Å²) in [4.78, 5) is 34.8. The number of carbonyl (C=O) groups is 1. The van der Waals surface area contributed by atoms with Gasteiger partial charge in [-0.2, -0.15) is 0 Å². The molecule has 2 aromatic carbocycles. The second-order valence-electron chi connectivity index (χ2n) is 12.4. The number of nitrogens with one attached hydrogen (secondary N) is 2. The number of nitrogens with zero attached hydrogens (tertiary/aromatic N) is 6. The molecule has 0 aliphatic carbocycles. The summed E-state index contributed by atoms with van der Waals surface area (Å²) >= 11 is 12.9. The normalized spacial score (nSPS) is 20.6. The summed E-state index contributed by atoms with van der Waals surface area (Å²) in [5, 5.41) is 9.12. The van der Waals surface area contributed by atoms with E-state index in [-0.39, 0.29) is 11.9 Å². The monoisotopic (exact) mass is 680 g/mol. The first-order valence-corrected chi connectivity index (χ1v) is 16.8. The molecule has 0 spiro atoms. The molecule has 11 nitrogen and oxygen atoms in total. The van der Waals surface area contributed by atoms with Crippen molar-refractivity contribution in [1.82, 2.24) is 19.8 Å². The van der Waals surface area contributed by atoms with Crippen LogP contribution in [-0.4, -0.2) is 91.7 Å². The van der Waals surface area contributed by atoms with Crippen molar-refractivity contribution >= 4 is 57.8 Å².